The maximum atomic E-state index is 11.6. The highest BCUT2D eigenvalue weighted by Crippen LogP contribution is 2.31. The van der Waals surface area contributed by atoms with Gasteiger partial charge in [-0.15, -0.1) is 0 Å². The number of nitrogens with zero attached hydrogens (tertiary/aromatic N) is 3. The van der Waals surface area contributed by atoms with Gasteiger partial charge in [0.2, 0.25) is 5.91 Å². The summed E-state index contributed by atoms with van der Waals surface area (Å²) in [6.45, 7) is 0. The third-order valence-corrected chi connectivity index (χ3v) is 3.75. The molecule has 9 nitrogen and oxygen atoms in total. The molecule has 1 amide bonds. The molecule has 2 rings (SSSR count). The number of rotatable bonds is 7. The van der Waals surface area contributed by atoms with E-state index < -0.39 is 9.85 Å². The molecule has 0 saturated heterocycles. The van der Waals surface area contributed by atoms with Crippen molar-refractivity contribution in [3.63, 3.8) is 0 Å². The van der Waals surface area contributed by atoms with Crippen molar-refractivity contribution in [2.24, 2.45) is 0 Å². The monoisotopic (exact) mass is 358 g/mol. The summed E-state index contributed by atoms with van der Waals surface area (Å²) >= 11 is 0. The molecule has 26 heavy (non-hydrogen) atoms. The molecular weight excluding hydrogens is 340 g/mol. The average Bonchev–Trinajstić information content (AvgIpc) is 2.60. The maximum Gasteiger partial charge on any atom is 0.299 e. The van der Waals surface area contributed by atoms with E-state index in [1.807, 2.05) is 12.1 Å². The van der Waals surface area contributed by atoms with Gasteiger partial charge in [0.25, 0.3) is 11.4 Å². The number of aryl methyl sites for hydroxylation is 1. The van der Waals surface area contributed by atoms with Crippen molar-refractivity contribution in [3.05, 3.63) is 68.3 Å². The Morgan fingerprint density at radius 2 is 1.69 bits per heavy atom. The lowest BCUT2D eigenvalue weighted by Crippen LogP contribution is -2.21. The quantitative estimate of drug-likeness (QED) is 0.599. The SMILES string of the molecule is CN(C)C(=O)CCc1ccc(Nc2ccc([N+](=O)[O-])cc2[N+](=O)[O-])cc1. The fourth-order valence-electron chi connectivity index (χ4n) is 2.28. The molecule has 0 atom stereocenters. The van der Waals surface area contributed by atoms with Crippen molar-refractivity contribution in [1.29, 1.82) is 0 Å². The number of hydrogen-bond acceptors (Lipinski definition) is 6. The Labute approximate surface area is 149 Å². The van der Waals surface area contributed by atoms with E-state index in [4.69, 9.17) is 0 Å². The van der Waals surface area contributed by atoms with Crippen LogP contribution in [0.2, 0.25) is 0 Å². The van der Waals surface area contributed by atoms with Crippen LogP contribution in [-0.2, 0) is 11.2 Å². The predicted molar refractivity (Wildman–Crippen MR) is 96.5 cm³/mol. The Morgan fingerprint density at radius 1 is 1.04 bits per heavy atom. The van der Waals surface area contributed by atoms with Gasteiger partial charge in [0, 0.05) is 32.3 Å². The molecule has 0 radical (unpaired) electrons. The van der Waals surface area contributed by atoms with Crippen LogP contribution < -0.4 is 5.32 Å². The summed E-state index contributed by atoms with van der Waals surface area (Å²) in [5.74, 6) is 0.0358. The second-order valence-electron chi connectivity index (χ2n) is 5.83. The van der Waals surface area contributed by atoms with Crippen LogP contribution in [0.25, 0.3) is 0 Å². The summed E-state index contributed by atoms with van der Waals surface area (Å²) in [5.41, 5.74) is 1.01. The summed E-state index contributed by atoms with van der Waals surface area (Å²) in [6, 6.07) is 10.5. The Balaban J connectivity index is 2.12. The third kappa shape index (κ3) is 4.76. The second-order valence-corrected chi connectivity index (χ2v) is 5.83. The van der Waals surface area contributed by atoms with Gasteiger partial charge in [-0.05, 0) is 30.2 Å². The molecule has 2 aromatic rings. The number of non-ortho nitro benzene ring substituents is 1. The van der Waals surface area contributed by atoms with Crippen LogP contribution in [0.1, 0.15) is 12.0 Å². The Hall–Kier alpha value is -3.49. The first-order valence-corrected chi connectivity index (χ1v) is 7.77. The van der Waals surface area contributed by atoms with Gasteiger partial charge in [0.15, 0.2) is 0 Å². The highest BCUT2D eigenvalue weighted by atomic mass is 16.6. The van der Waals surface area contributed by atoms with Crippen LogP contribution in [0.4, 0.5) is 22.7 Å². The van der Waals surface area contributed by atoms with E-state index in [-0.39, 0.29) is 23.0 Å². The molecule has 0 aliphatic rings. The smallest absolute Gasteiger partial charge is 0.299 e. The minimum Gasteiger partial charge on any atom is -0.350 e. The number of carbonyl (C=O) groups is 1. The highest BCUT2D eigenvalue weighted by Gasteiger charge is 2.19. The largest absolute Gasteiger partial charge is 0.350 e. The molecule has 0 saturated carbocycles. The zero-order valence-electron chi connectivity index (χ0n) is 14.3. The lowest BCUT2D eigenvalue weighted by molar-refractivity contribution is -0.393. The summed E-state index contributed by atoms with van der Waals surface area (Å²) in [5, 5.41) is 24.8. The lowest BCUT2D eigenvalue weighted by atomic mass is 10.1. The zero-order chi connectivity index (χ0) is 19.3. The average molecular weight is 358 g/mol. The molecule has 0 aromatic heterocycles. The van der Waals surface area contributed by atoms with E-state index in [2.05, 4.69) is 5.32 Å². The highest BCUT2D eigenvalue weighted by molar-refractivity contribution is 5.76. The topological polar surface area (TPSA) is 119 Å². The van der Waals surface area contributed by atoms with E-state index in [1.54, 1.807) is 26.2 Å². The van der Waals surface area contributed by atoms with Crippen molar-refractivity contribution < 1.29 is 14.6 Å². The minimum atomic E-state index is -0.680. The second kappa shape index (κ2) is 8.06. The standard InChI is InChI=1S/C17H18N4O5/c1-19(2)17(22)10-5-12-3-6-13(7-4-12)18-15-9-8-14(20(23)24)11-16(15)21(25)26/h3-4,6-9,11,18H,5,10H2,1-2H3. The molecule has 0 spiro atoms. The number of carbonyl (C=O) groups excluding carboxylic acids is 1. The normalized spacial score (nSPS) is 10.2. The van der Waals surface area contributed by atoms with Crippen molar-refractivity contribution >= 4 is 28.7 Å². The number of anilines is 2. The number of benzene rings is 2. The first-order valence-electron chi connectivity index (χ1n) is 7.77. The number of nitrogens with one attached hydrogen (secondary N) is 1. The minimum absolute atomic E-state index is 0.0358. The van der Waals surface area contributed by atoms with Gasteiger partial charge in [0.05, 0.1) is 15.9 Å². The van der Waals surface area contributed by atoms with E-state index in [0.29, 0.717) is 18.5 Å². The molecule has 0 bridgehead atoms. The number of nitro benzene ring substituents is 2. The summed E-state index contributed by atoms with van der Waals surface area (Å²) < 4.78 is 0. The van der Waals surface area contributed by atoms with Gasteiger partial charge in [-0.3, -0.25) is 25.0 Å². The predicted octanol–water partition coefficient (Wildman–Crippen LogP) is 3.27. The van der Waals surface area contributed by atoms with E-state index >= 15 is 0 Å². The molecule has 0 aliphatic heterocycles. The summed E-state index contributed by atoms with van der Waals surface area (Å²) in [6.07, 6.45) is 0.989. The Kier molecular flexibility index (Phi) is 5.84. The van der Waals surface area contributed by atoms with Crippen LogP contribution in [0.15, 0.2) is 42.5 Å². The Morgan fingerprint density at radius 3 is 2.23 bits per heavy atom. The molecule has 0 heterocycles. The van der Waals surface area contributed by atoms with Gasteiger partial charge in [0.1, 0.15) is 5.69 Å². The van der Waals surface area contributed by atoms with E-state index in [1.165, 1.54) is 17.0 Å². The molecule has 136 valence electrons. The van der Waals surface area contributed by atoms with Crippen molar-refractivity contribution in [2.75, 3.05) is 19.4 Å². The summed E-state index contributed by atoms with van der Waals surface area (Å²) in [7, 11) is 3.40. The van der Waals surface area contributed by atoms with Crippen molar-refractivity contribution in [1.82, 2.24) is 4.90 Å². The van der Waals surface area contributed by atoms with Gasteiger partial charge < -0.3 is 10.2 Å². The molecule has 0 fully saturated rings. The third-order valence-electron chi connectivity index (χ3n) is 3.75. The summed E-state index contributed by atoms with van der Waals surface area (Å²) in [4.78, 5) is 33.7. The van der Waals surface area contributed by atoms with Crippen molar-refractivity contribution in [3.8, 4) is 0 Å². The van der Waals surface area contributed by atoms with Gasteiger partial charge >= 0.3 is 0 Å². The van der Waals surface area contributed by atoms with Gasteiger partial charge in [-0.25, -0.2) is 0 Å². The fourth-order valence-corrected chi connectivity index (χ4v) is 2.28. The maximum absolute atomic E-state index is 11.6. The van der Waals surface area contributed by atoms with Gasteiger partial charge in [-0.2, -0.15) is 0 Å². The van der Waals surface area contributed by atoms with Gasteiger partial charge in [-0.1, -0.05) is 12.1 Å². The first-order chi connectivity index (χ1) is 12.3. The van der Waals surface area contributed by atoms with Crippen LogP contribution in [0.3, 0.4) is 0 Å². The number of nitro groups is 2. The lowest BCUT2D eigenvalue weighted by Gasteiger charge is -2.10. The van der Waals surface area contributed by atoms with E-state index in [9.17, 15) is 25.0 Å². The van der Waals surface area contributed by atoms with Crippen LogP contribution in [0, 0.1) is 20.2 Å². The molecule has 2 aromatic carbocycles. The molecule has 9 heteroatoms. The number of hydrogen-bond donors (Lipinski definition) is 1. The van der Waals surface area contributed by atoms with E-state index in [0.717, 1.165) is 11.6 Å². The van der Waals surface area contributed by atoms with Crippen LogP contribution in [0.5, 0.6) is 0 Å². The molecular formula is C17H18N4O5. The number of amides is 1. The molecule has 1 N–H and O–H groups in total. The fraction of sp³-hybridized carbons (Fsp3) is 0.235. The Bertz CT molecular complexity index is 834. The molecule has 0 aliphatic carbocycles. The van der Waals surface area contributed by atoms with Crippen LogP contribution >= 0.6 is 0 Å². The van der Waals surface area contributed by atoms with Crippen molar-refractivity contribution in [2.45, 2.75) is 12.8 Å². The first kappa shape index (κ1) is 18.8. The molecule has 0 unspecified atom stereocenters. The zero-order valence-corrected chi connectivity index (χ0v) is 14.3. The van der Waals surface area contributed by atoms with Crippen LogP contribution in [-0.4, -0.2) is 34.7 Å².